The van der Waals surface area contributed by atoms with Crippen LogP contribution in [0.2, 0.25) is 0 Å². The molecule has 0 aliphatic carbocycles. The van der Waals surface area contributed by atoms with Gasteiger partial charge in [0, 0.05) is 26.7 Å². The lowest BCUT2D eigenvalue weighted by molar-refractivity contribution is -0.141. The molecule has 6 nitrogen and oxygen atoms in total. The van der Waals surface area contributed by atoms with Crippen molar-refractivity contribution in [3.8, 4) is 0 Å². The summed E-state index contributed by atoms with van der Waals surface area (Å²) in [6.45, 7) is 13.9. The molecule has 0 saturated carbocycles. The van der Waals surface area contributed by atoms with Crippen molar-refractivity contribution in [1.82, 2.24) is 4.90 Å². The number of hydrogen-bond acceptors (Lipinski definition) is 6. The lowest BCUT2D eigenvalue weighted by Gasteiger charge is -2.21. The van der Waals surface area contributed by atoms with E-state index in [1.165, 1.54) is 167 Å². The molecule has 0 rings (SSSR count). The largest absolute Gasteiger partial charge is 0.466 e. The second-order valence-electron chi connectivity index (χ2n) is 15.3. The molecule has 6 heteroatoms. The summed E-state index contributed by atoms with van der Waals surface area (Å²) in [6, 6.07) is 0. The Morgan fingerprint density at radius 3 is 1.40 bits per heavy atom. The highest BCUT2D eigenvalue weighted by Crippen LogP contribution is 2.18. The maximum absolute atomic E-state index is 10.8. The molecule has 0 aromatic heterocycles. The van der Waals surface area contributed by atoms with Crippen molar-refractivity contribution in [3.63, 3.8) is 0 Å². The van der Waals surface area contributed by atoms with Crippen LogP contribution < -0.4 is 0 Å². The van der Waals surface area contributed by atoms with E-state index in [-0.39, 0.29) is 12.6 Å². The Labute approximate surface area is 312 Å². The summed E-state index contributed by atoms with van der Waals surface area (Å²) >= 11 is 0. The summed E-state index contributed by atoms with van der Waals surface area (Å²) in [7, 11) is 0. The van der Waals surface area contributed by atoms with Crippen molar-refractivity contribution < 1.29 is 24.1 Å². The zero-order chi connectivity index (χ0) is 36.6. The fourth-order valence-electron chi connectivity index (χ4n) is 6.93. The van der Waals surface area contributed by atoms with Gasteiger partial charge in [-0.05, 0) is 77.8 Å². The van der Waals surface area contributed by atoms with Crippen LogP contribution in [-0.2, 0) is 19.0 Å². The molecule has 0 fully saturated rings. The van der Waals surface area contributed by atoms with Crippen LogP contribution >= 0.6 is 0 Å². The van der Waals surface area contributed by atoms with Gasteiger partial charge in [-0.15, -0.1) is 0 Å². The van der Waals surface area contributed by atoms with Gasteiger partial charge in [-0.1, -0.05) is 149 Å². The van der Waals surface area contributed by atoms with Crippen LogP contribution in [0.4, 0.5) is 0 Å². The van der Waals surface area contributed by atoms with Gasteiger partial charge in [0.2, 0.25) is 0 Å². The number of carbonyl (C=O) groups is 1. The molecule has 50 heavy (non-hydrogen) atoms. The monoisotopic (exact) mass is 712 g/mol. The van der Waals surface area contributed by atoms with Crippen LogP contribution in [0.15, 0.2) is 0 Å². The van der Waals surface area contributed by atoms with E-state index in [0.29, 0.717) is 18.8 Å². The molecule has 300 valence electrons. The minimum atomic E-state index is -0.186. The van der Waals surface area contributed by atoms with Crippen molar-refractivity contribution >= 4 is 5.97 Å². The fourth-order valence-corrected chi connectivity index (χ4v) is 6.93. The number of esters is 1. The van der Waals surface area contributed by atoms with Crippen LogP contribution in [0, 0.1) is 0 Å². The number of hydrogen-bond donors (Lipinski definition) is 1. The van der Waals surface area contributed by atoms with Crippen molar-refractivity contribution in [2.24, 2.45) is 0 Å². The molecule has 0 aliphatic rings. The summed E-state index contributed by atoms with van der Waals surface area (Å²) < 4.78 is 17.4. The lowest BCUT2D eigenvalue weighted by Crippen LogP contribution is -2.29. The van der Waals surface area contributed by atoms with E-state index in [2.05, 4.69) is 25.7 Å². The third kappa shape index (κ3) is 38.5. The normalized spacial score (nSPS) is 12.4. The highest BCUT2D eigenvalue weighted by Gasteiger charge is 2.10. The van der Waals surface area contributed by atoms with Gasteiger partial charge >= 0.3 is 5.97 Å². The molecule has 1 N–H and O–H groups in total. The van der Waals surface area contributed by atoms with E-state index in [1.54, 1.807) is 0 Å². The van der Waals surface area contributed by atoms with E-state index >= 15 is 0 Å². The van der Waals surface area contributed by atoms with Gasteiger partial charge in [0.15, 0.2) is 0 Å². The first-order valence-electron chi connectivity index (χ1n) is 22.2. The third-order valence-corrected chi connectivity index (χ3v) is 10.2. The summed E-state index contributed by atoms with van der Waals surface area (Å²) in [4.78, 5) is 13.3. The van der Waals surface area contributed by atoms with Crippen LogP contribution in [-0.4, -0.2) is 74.2 Å². The standard InChI is InChI=1S/C44H89NO5/c1-5-7-9-11-17-25-33-44(34-26-18-12-10-8-6-2)50-41-30-22-16-14-20-28-36-45(37-38-46)35-27-19-13-15-21-29-39-48-42(3)32-24-23-31-40-49-43(4)47/h42,44,46H,5-41H2,1-4H3. The van der Waals surface area contributed by atoms with Crippen LogP contribution in [0.3, 0.4) is 0 Å². The molecule has 0 saturated heterocycles. The van der Waals surface area contributed by atoms with Crippen LogP contribution in [0.1, 0.15) is 220 Å². The average molecular weight is 712 g/mol. The van der Waals surface area contributed by atoms with Gasteiger partial charge < -0.3 is 24.2 Å². The quantitative estimate of drug-likeness (QED) is 0.0502. The smallest absolute Gasteiger partial charge is 0.302 e. The zero-order valence-corrected chi connectivity index (χ0v) is 34.3. The summed E-state index contributed by atoms with van der Waals surface area (Å²) in [6.07, 6.45) is 39.3. The van der Waals surface area contributed by atoms with E-state index in [0.717, 1.165) is 65.0 Å². The Hall–Kier alpha value is -0.690. The number of rotatable bonds is 42. The highest BCUT2D eigenvalue weighted by molar-refractivity contribution is 5.65. The van der Waals surface area contributed by atoms with Crippen molar-refractivity contribution in [1.29, 1.82) is 0 Å². The number of aliphatic hydroxyl groups is 1. The SMILES string of the molecule is CCCCCCCCC(CCCCCCCC)OCCCCCCCCN(CCO)CCCCCCCCOC(C)CCCCCOC(C)=O. The maximum Gasteiger partial charge on any atom is 0.302 e. The van der Waals surface area contributed by atoms with Gasteiger partial charge in [-0.3, -0.25) is 4.79 Å². The van der Waals surface area contributed by atoms with E-state index in [1.807, 2.05) is 0 Å². The first kappa shape index (κ1) is 49.3. The molecule has 0 spiro atoms. The fraction of sp³-hybridized carbons (Fsp3) is 0.977. The predicted molar refractivity (Wildman–Crippen MR) is 215 cm³/mol. The maximum atomic E-state index is 10.8. The van der Waals surface area contributed by atoms with Crippen molar-refractivity contribution in [2.75, 3.05) is 46.1 Å². The molecule has 0 amide bonds. The molecule has 0 bridgehead atoms. The van der Waals surface area contributed by atoms with Crippen LogP contribution in [0.25, 0.3) is 0 Å². The van der Waals surface area contributed by atoms with E-state index < -0.39 is 0 Å². The number of ether oxygens (including phenoxy) is 3. The zero-order valence-electron chi connectivity index (χ0n) is 34.3. The third-order valence-electron chi connectivity index (χ3n) is 10.2. The summed E-state index contributed by atoms with van der Waals surface area (Å²) in [5, 5.41) is 9.56. The van der Waals surface area contributed by atoms with Crippen molar-refractivity contribution in [3.05, 3.63) is 0 Å². The number of unbranched alkanes of at least 4 members (excludes halogenated alkanes) is 22. The first-order chi connectivity index (χ1) is 24.5. The lowest BCUT2D eigenvalue weighted by atomic mass is 10.0. The average Bonchev–Trinajstić information content (AvgIpc) is 3.10. The van der Waals surface area contributed by atoms with Gasteiger partial charge in [0.25, 0.3) is 0 Å². The molecule has 0 aliphatic heterocycles. The Morgan fingerprint density at radius 1 is 0.500 bits per heavy atom. The minimum Gasteiger partial charge on any atom is -0.466 e. The number of aliphatic hydroxyl groups excluding tert-OH is 1. The second kappa shape index (κ2) is 41.1. The molecular weight excluding hydrogens is 622 g/mol. The van der Waals surface area contributed by atoms with E-state index in [4.69, 9.17) is 14.2 Å². The summed E-state index contributed by atoms with van der Waals surface area (Å²) in [5.41, 5.74) is 0. The van der Waals surface area contributed by atoms with Gasteiger partial charge in [-0.25, -0.2) is 0 Å². The Morgan fingerprint density at radius 2 is 0.900 bits per heavy atom. The first-order valence-corrected chi connectivity index (χ1v) is 22.2. The Kier molecular flexibility index (Phi) is 40.5. The molecule has 0 heterocycles. The molecule has 1 atom stereocenters. The van der Waals surface area contributed by atoms with Gasteiger partial charge in [0.1, 0.15) is 0 Å². The number of nitrogens with zero attached hydrogens (tertiary/aromatic N) is 1. The van der Waals surface area contributed by atoms with Gasteiger partial charge in [0.05, 0.1) is 25.4 Å². The highest BCUT2D eigenvalue weighted by atomic mass is 16.5. The topological polar surface area (TPSA) is 68.2 Å². The molecule has 0 aromatic rings. The Balaban J connectivity index is 3.80. The van der Waals surface area contributed by atoms with Crippen molar-refractivity contribution in [2.45, 2.75) is 233 Å². The van der Waals surface area contributed by atoms with Gasteiger partial charge in [-0.2, -0.15) is 0 Å². The molecular formula is C44H89NO5. The summed E-state index contributed by atoms with van der Waals surface area (Å²) in [5.74, 6) is -0.186. The van der Waals surface area contributed by atoms with Crippen LogP contribution in [0.5, 0.6) is 0 Å². The molecule has 1 unspecified atom stereocenters. The number of carbonyl (C=O) groups excluding carboxylic acids is 1. The minimum absolute atomic E-state index is 0.186. The van der Waals surface area contributed by atoms with E-state index in [9.17, 15) is 9.90 Å². The Bertz CT molecular complexity index is 646. The molecule has 0 aromatic carbocycles. The second-order valence-corrected chi connectivity index (χ2v) is 15.3. The predicted octanol–water partition coefficient (Wildman–Crippen LogP) is 12.4. The molecule has 0 radical (unpaired) electrons.